The molecule has 1 aromatic heterocycles. The standard InChI is InChI=1S/C18H17N3O3S3/c1-10-3-5-13-16(7-10)26-18(20-13)21-27(23,24)12-4-6-15-14(9-12)19-17(22)8-11(2)25-15/h3-7,9,11H,8H2,1-2H3,(H,19,22)(H,20,21)/t11-/m0/s1. The molecule has 0 aliphatic carbocycles. The van der Waals surface area contributed by atoms with E-state index in [0.717, 1.165) is 20.7 Å². The van der Waals surface area contributed by atoms with Crippen molar-refractivity contribution in [2.75, 3.05) is 10.0 Å². The first-order valence-electron chi connectivity index (χ1n) is 8.31. The van der Waals surface area contributed by atoms with Crippen LogP contribution < -0.4 is 10.0 Å². The lowest BCUT2D eigenvalue weighted by molar-refractivity contribution is -0.116. The maximum absolute atomic E-state index is 12.8. The predicted molar refractivity (Wildman–Crippen MR) is 110 cm³/mol. The molecule has 1 atom stereocenters. The van der Waals surface area contributed by atoms with E-state index in [1.165, 1.54) is 17.4 Å². The number of thioether (sulfide) groups is 1. The van der Waals surface area contributed by atoms with Gasteiger partial charge >= 0.3 is 0 Å². The summed E-state index contributed by atoms with van der Waals surface area (Å²) in [6, 6.07) is 10.6. The topological polar surface area (TPSA) is 88.2 Å². The van der Waals surface area contributed by atoms with Crippen LogP contribution in [0.1, 0.15) is 18.9 Å². The molecule has 4 rings (SSSR count). The zero-order valence-corrected chi connectivity index (χ0v) is 17.1. The van der Waals surface area contributed by atoms with Crippen LogP contribution in [0.25, 0.3) is 10.2 Å². The summed E-state index contributed by atoms with van der Waals surface area (Å²) in [5.41, 5.74) is 2.37. The number of nitrogens with zero attached hydrogens (tertiary/aromatic N) is 1. The number of hydrogen-bond donors (Lipinski definition) is 2. The third-order valence-electron chi connectivity index (χ3n) is 4.10. The molecule has 0 spiro atoms. The van der Waals surface area contributed by atoms with Crippen molar-refractivity contribution in [3.8, 4) is 0 Å². The van der Waals surface area contributed by atoms with E-state index in [-0.39, 0.29) is 16.1 Å². The average molecular weight is 420 g/mol. The van der Waals surface area contributed by atoms with Crippen LogP contribution in [0.2, 0.25) is 0 Å². The highest BCUT2D eigenvalue weighted by atomic mass is 32.2. The quantitative estimate of drug-likeness (QED) is 0.663. The number of benzene rings is 2. The van der Waals surface area contributed by atoms with Gasteiger partial charge in [-0.25, -0.2) is 13.4 Å². The van der Waals surface area contributed by atoms with E-state index in [1.54, 1.807) is 23.9 Å². The lowest BCUT2D eigenvalue weighted by Crippen LogP contribution is -2.15. The molecule has 6 nitrogen and oxygen atoms in total. The Morgan fingerprint density at radius 3 is 2.85 bits per heavy atom. The van der Waals surface area contributed by atoms with E-state index in [9.17, 15) is 13.2 Å². The Morgan fingerprint density at radius 2 is 2.04 bits per heavy atom. The summed E-state index contributed by atoms with van der Waals surface area (Å²) in [6.07, 6.45) is 0.394. The number of carbonyl (C=O) groups is 1. The summed E-state index contributed by atoms with van der Waals surface area (Å²) < 4.78 is 29.1. The fourth-order valence-corrected chi connectivity index (χ4v) is 6.12. The minimum absolute atomic E-state index is 0.0899. The number of aryl methyl sites for hydroxylation is 1. The first-order chi connectivity index (χ1) is 12.8. The average Bonchev–Trinajstić information content (AvgIpc) is 2.89. The number of carbonyl (C=O) groups excluding carboxylic acids is 1. The van der Waals surface area contributed by atoms with Gasteiger partial charge in [0.05, 0.1) is 20.8 Å². The Kier molecular flexibility index (Phi) is 4.61. The monoisotopic (exact) mass is 419 g/mol. The van der Waals surface area contributed by atoms with Gasteiger partial charge < -0.3 is 5.32 Å². The number of fused-ring (bicyclic) bond motifs is 2. The highest BCUT2D eigenvalue weighted by molar-refractivity contribution is 8.00. The van der Waals surface area contributed by atoms with Crippen molar-refractivity contribution >= 4 is 60.1 Å². The second kappa shape index (κ2) is 6.81. The van der Waals surface area contributed by atoms with Crippen LogP contribution in [0.4, 0.5) is 10.8 Å². The van der Waals surface area contributed by atoms with Crippen molar-refractivity contribution in [1.29, 1.82) is 0 Å². The van der Waals surface area contributed by atoms with E-state index in [4.69, 9.17) is 0 Å². The van der Waals surface area contributed by atoms with Crippen LogP contribution in [-0.2, 0) is 14.8 Å². The Morgan fingerprint density at radius 1 is 1.22 bits per heavy atom. The molecule has 0 bridgehead atoms. The summed E-state index contributed by atoms with van der Waals surface area (Å²) in [4.78, 5) is 17.2. The van der Waals surface area contributed by atoms with E-state index in [2.05, 4.69) is 15.0 Å². The highest BCUT2D eigenvalue weighted by Gasteiger charge is 2.23. The zero-order valence-electron chi connectivity index (χ0n) is 14.6. The van der Waals surface area contributed by atoms with Gasteiger partial charge in [0.25, 0.3) is 10.0 Å². The first kappa shape index (κ1) is 18.3. The summed E-state index contributed by atoms with van der Waals surface area (Å²) in [7, 11) is -3.81. The predicted octanol–water partition coefficient (Wildman–Crippen LogP) is 4.23. The van der Waals surface area contributed by atoms with Crippen LogP contribution in [-0.4, -0.2) is 24.6 Å². The maximum atomic E-state index is 12.8. The van der Waals surface area contributed by atoms with Gasteiger partial charge in [-0.2, -0.15) is 0 Å². The third-order valence-corrected chi connectivity index (χ3v) is 7.68. The fraction of sp³-hybridized carbons (Fsp3) is 0.222. The van der Waals surface area contributed by atoms with Crippen LogP contribution in [0.5, 0.6) is 0 Å². The van der Waals surface area contributed by atoms with E-state index < -0.39 is 10.0 Å². The van der Waals surface area contributed by atoms with E-state index >= 15 is 0 Å². The third kappa shape index (κ3) is 3.80. The second-order valence-corrected chi connectivity index (χ2v) is 10.6. The molecule has 0 saturated carbocycles. The number of nitrogens with one attached hydrogen (secondary N) is 2. The molecule has 0 unspecified atom stereocenters. The van der Waals surface area contributed by atoms with Crippen molar-refractivity contribution in [3.05, 3.63) is 42.0 Å². The van der Waals surface area contributed by atoms with Crippen molar-refractivity contribution in [1.82, 2.24) is 4.98 Å². The van der Waals surface area contributed by atoms with Crippen molar-refractivity contribution in [2.24, 2.45) is 0 Å². The molecule has 140 valence electrons. The van der Waals surface area contributed by atoms with Gasteiger partial charge in [0.1, 0.15) is 0 Å². The maximum Gasteiger partial charge on any atom is 0.263 e. The van der Waals surface area contributed by atoms with Crippen LogP contribution in [0.3, 0.4) is 0 Å². The Bertz CT molecular complexity index is 1160. The lowest BCUT2D eigenvalue weighted by Gasteiger charge is -2.10. The van der Waals surface area contributed by atoms with Gasteiger partial charge in [-0.1, -0.05) is 24.3 Å². The molecule has 2 aromatic carbocycles. The second-order valence-electron chi connectivity index (χ2n) is 6.43. The Hall–Kier alpha value is -2.10. The molecule has 1 aliphatic heterocycles. The number of anilines is 2. The molecule has 0 radical (unpaired) electrons. The SMILES string of the molecule is Cc1ccc2nc(NS(=O)(=O)c3ccc4c(c3)NC(=O)C[C@H](C)S4)sc2c1. The molecule has 1 aliphatic rings. The molecule has 27 heavy (non-hydrogen) atoms. The number of aromatic nitrogens is 1. The first-order valence-corrected chi connectivity index (χ1v) is 11.5. The molecule has 1 amide bonds. The van der Waals surface area contributed by atoms with Crippen LogP contribution in [0.15, 0.2) is 46.2 Å². The molecular formula is C18H17N3O3S3. The van der Waals surface area contributed by atoms with Crippen LogP contribution >= 0.6 is 23.1 Å². The largest absolute Gasteiger partial charge is 0.325 e. The summed E-state index contributed by atoms with van der Waals surface area (Å²) in [6.45, 7) is 3.95. The number of amides is 1. The molecule has 2 heterocycles. The molecular weight excluding hydrogens is 402 g/mol. The van der Waals surface area contributed by atoms with Gasteiger partial charge in [0.15, 0.2) is 5.13 Å². The molecule has 0 fully saturated rings. The molecule has 3 aromatic rings. The van der Waals surface area contributed by atoms with E-state index in [0.29, 0.717) is 17.2 Å². The van der Waals surface area contributed by atoms with Gasteiger partial charge in [0.2, 0.25) is 5.91 Å². The van der Waals surface area contributed by atoms with Crippen molar-refractivity contribution in [3.63, 3.8) is 0 Å². The highest BCUT2D eigenvalue weighted by Crippen LogP contribution is 2.37. The Labute approximate surface area is 165 Å². The van der Waals surface area contributed by atoms with E-state index in [1.807, 2.05) is 32.0 Å². The molecule has 2 N–H and O–H groups in total. The lowest BCUT2D eigenvalue weighted by atomic mass is 10.2. The summed E-state index contributed by atoms with van der Waals surface area (Å²) in [5.74, 6) is -0.113. The van der Waals surface area contributed by atoms with Crippen molar-refractivity contribution in [2.45, 2.75) is 35.3 Å². The number of hydrogen-bond acceptors (Lipinski definition) is 6. The van der Waals surface area contributed by atoms with Gasteiger partial charge in [-0.05, 0) is 42.8 Å². The minimum atomic E-state index is -3.81. The van der Waals surface area contributed by atoms with Gasteiger partial charge in [-0.3, -0.25) is 9.52 Å². The summed E-state index contributed by atoms with van der Waals surface area (Å²) in [5, 5.41) is 3.25. The molecule has 9 heteroatoms. The van der Waals surface area contributed by atoms with Crippen molar-refractivity contribution < 1.29 is 13.2 Å². The normalized spacial score (nSPS) is 17.3. The number of sulfonamides is 1. The number of thiazole rings is 1. The minimum Gasteiger partial charge on any atom is -0.325 e. The van der Waals surface area contributed by atoms with Gasteiger partial charge in [-0.15, -0.1) is 11.8 Å². The van der Waals surface area contributed by atoms with Gasteiger partial charge in [0, 0.05) is 16.6 Å². The fourth-order valence-electron chi connectivity index (χ4n) is 2.85. The Balaban J connectivity index is 1.66. The number of rotatable bonds is 3. The zero-order chi connectivity index (χ0) is 19.2. The van der Waals surface area contributed by atoms with Crippen LogP contribution in [0, 0.1) is 6.92 Å². The smallest absolute Gasteiger partial charge is 0.263 e. The molecule has 0 saturated heterocycles. The summed E-state index contributed by atoms with van der Waals surface area (Å²) >= 11 is 2.85.